The second-order valence-corrected chi connectivity index (χ2v) is 3.18. The number of methoxy groups -OCH3 is 1. The Kier molecular flexibility index (Phi) is 3.77. The van der Waals surface area contributed by atoms with Gasteiger partial charge in [-0.3, -0.25) is 0 Å². The maximum absolute atomic E-state index is 13.3. The second-order valence-electron chi connectivity index (χ2n) is 3.18. The highest BCUT2D eigenvalue weighted by Crippen LogP contribution is 2.17. The summed E-state index contributed by atoms with van der Waals surface area (Å²) in [6.45, 7) is 1.91. The summed E-state index contributed by atoms with van der Waals surface area (Å²) in [5.74, 6) is -2.73. The van der Waals surface area contributed by atoms with Gasteiger partial charge in [0.1, 0.15) is 17.2 Å². The SMILES string of the molecule is CCCc1cc(F)c(C(=O)OC)c(F)c1. The summed E-state index contributed by atoms with van der Waals surface area (Å²) < 4.78 is 30.9. The van der Waals surface area contributed by atoms with Gasteiger partial charge in [-0.1, -0.05) is 13.3 Å². The van der Waals surface area contributed by atoms with Crippen molar-refractivity contribution in [2.45, 2.75) is 19.8 Å². The summed E-state index contributed by atoms with van der Waals surface area (Å²) in [6.07, 6.45) is 1.37. The normalized spacial score (nSPS) is 10.1. The summed E-state index contributed by atoms with van der Waals surface area (Å²) in [5, 5.41) is 0. The van der Waals surface area contributed by atoms with Gasteiger partial charge in [0.2, 0.25) is 0 Å². The van der Waals surface area contributed by atoms with Gasteiger partial charge in [0.15, 0.2) is 0 Å². The molecule has 0 fully saturated rings. The smallest absolute Gasteiger partial charge is 0.343 e. The van der Waals surface area contributed by atoms with Crippen LogP contribution < -0.4 is 0 Å². The van der Waals surface area contributed by atoms with Gasteiger partial charge in [-0.15, -0.1) is 0 Å². The number of benzene rings is 1. The fourth-order valence-electron chi connectivity index (χ4n) is 1.36. The standard InChI is InChI=1S/C11H12F2O2/c1-3-4-7-5-8(12)10(9(13)6-7)11(14)15-2/h5-6H,3-4H2,1-2H3. The van der Waals surface area contributed by atoms with Crippen LogP contribution in [-0.2, 0) is 11.2 Å². The molecular formula is C11H12F2O2. The molecule has 0 aliphatic rings. The first-order chi connectivity index (χ1) is 7.10. The van der Waals surface area contributed by atoms with Crippen molar-refractivity contribution in [1.82, 2.24) is 0 Å². The Morgan fingerprint density at radius 2 is 1.87 bits per heavy atom. The van der Waals surface area contributed by atoms with E-state index >= 15 is 0 Å². The van der Waals surface area contributed by atoms with Crippen molar-refractivity contribution in [3.05, 3.63) is 34.9 Å². The molecule has 0 unspecified atom stereocenters. The second kappa shape index (κ2) is 4.87. The van der Waals surface area contributed by atoms with Crippen LogP contribution in [-0.4, -0.2) is 13.1 Å². The number of halogens is 2. The number of ether oxygens (including phenoxy) is 1. The van der Waals surface area contributed by atoms with E-state index < -0.39 is 23.2 Å². The average Bonchev–Trinajstić information content (AvgIpc) is 2.16. The van der Waals surface area contributed by atoms with Gasteiger partial charge in [0, 0.05) is 0 Å². The maximum atomic E-state index is 13.3. The maximum Gasteiger partial charge on any atom is 0.343 e. The Bertz CT molecular complexity index is 352. The number of hydrogen-bond donors (Lipinski definition) is 0. The number of carbonyl (C=O) groups excluding carboxylic acids is 1. The molecule has 1 rings (SSSR count). The van der Waals surface area contributed by atoms with E-state index in [1.807, 2.05) is 6.92 Å². The lowest BCUT2D eigenvalue weighted by atomic mass is 10.1. The van der Waals surface area contributed by atoms with Gasteiger partial charge in [-0.05, 0) is 24.1 Å². The molecule has 1 aromatic rings. The molecule has 2 nitrogen and oxygen atoms in total. The van der Waals surface area contributed by atoms with Crippen LogP contribution in [0.15, 0.2) is 12.1 Å². The molecule has 15 heavy (non-hydrogen) atoms. The third kappa shape index (κ3) is 2.52. The largest absolute Gasteiger partial charge is 0.465 e. The molecule has 0 aliphatic carbocycles. The molecule has 0 saturated carbocycles. The van der Waals surface area contributed by atoms with E-state index in [-0.39, 0.29) is 0 Å². The van der Waals surface area contributed by atoms with Gasteiger partial charge < -0.3 is 4.74 Å². The summed E-state index contributed by atoms with van der Waals surface area (Å²) in [4.78, 5) is 11.0. The number of esters is 1. The van der Waals surface area contributed by atoms with Gasteiger partial charge in [0.25, 0.3) is 0 Å². The van der Waals surface area contributed by atoms with Crippen molar-refractivity contribution >= 4 is 5.97 Å². The molecule has 82 valence electrons. The number of rotatable bonds is 3. The van der Waals surface area contributed by atoms with Crippen molar-refractivity contribution in [2.75, 3.05) is 7.11 Å². The Morgan fingerprint density at radius 3 is 2.27 bits per heavy atom. The minimum Gasteiger partial charge on any atom is -0.465 e. The van der Waals surface area contributed by atoms with E-state index in [0.717, 1.165) is 13.5 Å². The zero-order valence-electron chi connectivity index (χ0n) is 8.64. The van der Waals surface area contributed by atoms with Crippen LogP contribution in [0.4, 0.5) is 8.78 Å². The topological polar surface area (TPSA) is 26.3 Å². The molecule has 0 heterocycles. The molecule has 0 amide bonds. The first-order valence-corrected chi connectivity index (χ1v) is 4.66. The number of aryl methyl sites for hydroxylation is 1. The van der Waals surface area contributed by atoms with Crippen molar-refractivity contribution in [2.24, 2.45) is 0 Å². The molecular weight excluding hydrogens is 202 g/mol. The van der Waals surface area contributed by atoms with Crippen molar-refractivity contribution in [1.29, 1.82) is 0 Å². The quantitative estimate of drug-likeness (QED) is 0.723. The lowest BCUT2D eigenvalue weighted by Crippen LogP contribution is -2.08. The molecule has 0 atom stereocenters. The fourth-order valence-corrected chi connectivity index (χ4v) is 1.36. The predicted molar refractivity (Wildman–Crippen MR) is 51.7 cm³/mol. The minimum atomic E-state index is -0.993. The lowest BCUT2D eigenvalue weighted by molar-refractivity contribution is 0.0590. The van der Waals surface area contributed by atoms with Crippen LogP contribution in [0, 0.1) is 11.6 Å². The van der Waals surface area contributed by atoms with Crippen molar-refractivity contribution in [3.63, 3.8) is 0 Å². The highest BCUT2D eigenvalue weighted by atomic mass is 19.1. The van der Waals surface area contributed by atoms with Gasteiger partial charge in [-0.2, -0.15) is 0 Å². The predicted octanol–water partition coefficient (Wildman–Crippen LogP) is 2.70. The summed E-state index contributed by atoms with van der Waals surface area (Å²) in [5.41, 5.74) is -0.0856. The van der Waals surface area contributed by atoms with E-state index in [0.29, 0.717) is 12.0 Å². The molecule has 0 radical (unpaired) electrons. The Labute approximate surface area is 86.9 Å². The van der Waals surface area contributed by atoms with Crippen LogP contribution >= 0.6 is 0 Å². The minimum absolute atomic E-state index is 0.542. The Hall–Kier alpha value is -1.45. The summed E-state index contributed by atoms with van der Waals surface area (Å²) in [7, 11) is 1.08. The third-order valence-corrected chi connectivity index (χ3v) is 2.03. The molecule has 0 saturated heterocycles. The highest BCUT2D eigenvalue weighted by Gasteiger charge is 2.18. The lowest BCUT2D eigenvalue weighted by Gasteiger charge is -2.05. The van der Waals surface area contributed by atoms with E-state index in [4.69, 9.17) is 0 Å². The molecule has 4 heteroatoms. The molecule has 0 aliphatic heterocycles. The first-order valence-electron chi connectivity index (χ1n) is 4.66. The van der Waals surface area contributed by atoms with E-state index in [1.165, 1.54) is 12.1 Å². The molecule has 0 bridgehead atoms. The van der Waals surface area contributed by atoms with Crippen molar-refractivity contribution in [3.8, 4) is 0 Å². The number of hydrogen-bond acceptors (Lipinski definition) is 2. The van der Waals surface area contributed by atoms with Crippen LogP contribution in [0.25, 0.3) is 0 Å². The molecule has 1 aromatic carbocycles. The highest BCUT2D eigenvalue weighted by molar-refractivity contribution is 5.90. The fraction of sp³-hybridized carbons (Fsp3) is 0.364. The van der Waals surface area contributed by atoms with Crippen LogP contribution in [0.3, 0.4) is 0 Å². The van der Waals surface area contributed by atoms with E-state index in [1.54, 1.807) is 0 Å². The van der Waals surface area contributed by atoms with Crippen molar-refractivity contribution < 1.29 is 18.3 Å². The van der Waals surface area contributed by atoms with E-state index in [2.05, 4.69) is 4.74 Å². The van der Waals surface area contributed by atoms with Gasteiger partial charge >= 0.3 is 5.97 Å². The third-order valence-electron chi connectivity index (χ3n) is 2.03. The van der Waals surface area contributed by atoms with Crippen LogP contribution in [0.5, 0.6) is 0 Å². The molecule has 0 aromatic heterocycles. The summed E-state index contributed by atoms with van der Waals surface area (Å²) >= 11 is 0. The molecule has 0 spiro atoms. The average molecular weight is 214 g/mol. The van der Waals surface area contributed by atoms with Gasteiger partial charge in [-0.25, -0.2) is 13.6 Å². The monoisotopic (exact) mass is 214 g/mol. The van der Waals surface area contributed by atoms with Crippen LogP contribution in [0.2, 0.25) is 0 Å². The zero-order chi connectivity index (χ0) is 11.4. The van der Waals surface area contributed by atoms with E-state index in [9.17, 15) is 13.6 Å². The summed E-state index contributed by atoms with van der Waals surface area (Å²) in [6, 6.07) is 2.33. The Morgan fingerprint density at radius 1 is 1.33 bits per heavy atom. The number of carbonyl (C=O) groups is 1. The Balaban J connectivity index is 3.15. The van der Waals surface area contributed by atoms with Crippen LogP contribution in [0.1, 0.15) is 29.3 Å². The zero-order valence-corrected chi connectivity index (χ0v) is 8.64. The molecule has 0 N–H and O–H groups in total. The van der Waals surface area contributed by atoms with Gasteiger partial charge in [0.05, 0.1) is 7.11 Å². The first kappa shape index (κ1) is 11.6.